The van der Waals surface area contributed by atoms with Crippen molar-refractivity contribution >= 4 is 39.1 Å². The summed E-state index contributed by atoms with van der Waals surface area (Å²) < 4.78 is 26.9. The average Bonchev–Trinajstić information content (AvgIpc) is 2.91. The molecule has 0 saturated heterocycles. The fourth-order valence-corrected chi connectivity index (χ4v) is 5.33. The fourth-order valence-electron chi connectivity index (χ4n) is 4.32. The van der Waals surface area contributed by atoms with Crippen LogP contribution in [-0.2, 0) is 32.6 Å². The molecule has 0 heterocycles. The SMILES string of the molecule is CCC(C)NC(=O)C(Cc1ccccc1)N(Cc1ccccc1C)C(=O)CN(c1ccc(C)c(Cl)c1)S(C)(=O)=O. The molecule has 40 heavy (non-hydrogen) atoms. The summed E-state index contributed by atoms with van der Waals surface area (Å²) in [5.74, 6) is -0.782. The van der Waals surface area contributed by atoms with Gasteiger partial charge in [-0.25, -0.2) is 8.42 Å². The maximum absolute atomic E-state index is 14.1. The van der Waals surface area contributed by atoms with Gasteiger partial charge in [0.2, 0.25) is 21.8 Å². The summed E-state index contributed by atoms with van der Waals surface area (Å²) in [5, 5.41) is 3.43. The Balaban J connectivity index is 2.08. The Morgan fingerprint density at radius 2 is 1.60 bits per heavy atom. The average molecular weight is 584 g/mol. The molecule has 0 aromatic heterocycles. The third-order valence-corrected chi connectivity index (χ3v) is 8.54. The summed E-state index contributed by atoms with van der Waals surface area (Å²) in [6.07, 6.45) is 2.05. The van der Waals surface area contributed by atoms with Gasteiger partial charge in [0, 0.05) is 24.0 Å². The van der Waals surface area contributed by atoms with E-state index < -0.39 is 28.5 Å². The number of hydrogen-bond donors (Lipinski definition) is 1. The summed E-state index contributed by atoms with van der Waals surface area (Å²) in [4.78, 5) is 29.4. The Hall–Kier alpha value is -3.36. The number of carbonyl (C=O) groups is 2. The summed E-state index contributed by atoms with van der Waals surface area (Å²) in [7, 11) is -3.86. The van der Waals surface area contributed by atoms with E-state index in [0.717, 1.165) is 39.2 Å². The van der Waals surface area contributed by atoms with Crippen molar-refractivity contribution in [2.75, 3.05) is 17.1 Å². The Morgan fingerprint density at radius 3 is 2.20 bits per heavy atom. The number of nitrogens with one attached hydrogen (secondary N) is 1. The van der Waals surface area contributed by atoms with Crippen LogP contribution in [0.1, 0.15) is 42.5 Å². The number of benzene rings is 3. The van der Waals surface area contributed by atoms with Gasteiger partial charge >= 0.3 is 0 Å². The molecule has 7 nitrogen and oxygen atoms in total. The molecule has 2 unspecified atom stereocenters. The van der Waals surface area contributed by atoms with Crippen molar-refractivity contribution in [2.24, 2.45) is 0 Å². The van der Waals surface area contributed by atoms with E-state index in [1.165, 1.54) is 11.0 Å². The third-order valence-electron chi connectivity index (χ3n) is 7.00. The first-order valence-electron chi connectivity index (χ1n) is 13.3. The molecule has 0 fully saturated rings. The minimum absolute atomic E-state index is 0.0941. The van der Waals surface area contributed by atoms with Crippen LogP contribution in [-0.4, -0.2) is 50.0 Å². The second-order valence-corrected chi connectivity index (χ2v) is 12.5. The molecule has 9 heteroatoms. The van der Waals surface area contributed by atoms with Gasteiger partial charge in [0.25, 0.3) is 0 Å². The topological polar surface area (TPSA) is 86.8 Å². The monoisotopic (exact) mass is 583 g/mol. The lowest BCUT2D eigenvalue weighted by molar-refractivity contribution is -0.140. The summed E-state index contributed by atoms with van der Waals surface area (Å²) in [6, 6.07) is 21.1. The molecule has 3 aromatic carbocycles. The zero-order chi connectivity index (χ0) is 29.4. The molecule has 0 aliphatic rings. The Labute approximate surface area is 243 Å². The Morgan fingerprint density at radius 1 is 0.950 bits per heavy atom. The maximum Gasteiger partial charge on any atom is 0.244 e. The van der Waals surface area contributed by atoms with Crippen LogP contribution in [0.4, 0.5) is 5.69 Å². The van der Waals surface area contributed by atoms with Crippen molar-refractivity contribution in [3.8, 4) is 0 Å². The van der Waals surface area contributed by atoms with Crippen LogP contribution >= 0.6 is 11.6 Å². The number of sulfonamides is 1. The second-order valence-electron chi connectivity index (χ2n) is 10.2. The third kappa shape index (κ3) is 8.32. The van der Waals surface area contributed by atoms with E-state index >= 15 is 0 Å². The van der Waals surface area contributed by atoms with Gasteiger partial charge in [0.05, 0.1) is 11.9 Å². The van der Waals surface area contributed by atoms with Gasteiger partial charge in [-0.3, -0.25) is 13.9 Å². The van der Waals surface area contributed by atoms with Gasteiger partial charge in [-0.1, -0.05) is 79.2 Å². The van der Waals surface area contributed by atoms with E-state index in [-0.39, 0.29) is 30.6 Å². The second kappa shape index (κ2) is 13.8. The highest BCUT2D eigenvalue weighted by molar-refractivity contribution is 7.92. The largest absolute Gasteiger partial charge is 0.352 e. The van der Waals surface area contributed by atoms with Crippen molar-refractivity contribution in [1.29, 1.82) is 0 Å². The molecule has 2 atom stereocenters. The molecule has 0 aliphatic heterocycles. The lowest BCUT2D eigenvalue weighted by Crippen LogP contribution is -2.54. The maximum atomic E-state index is 14.1. The van der Waals surface area contributed by atoms with Crippen molar-refractivity contribution in [3.05, 3.63) is 100 Å². The van der Waals surface area contributed by atoms with Crippen molar-refractivity contribution in [3.63, 3.8) is 0 Å². The molecule has 1 N–H and O–H groups in total. The number of aryl methyl sites for hydroxylation is 2. The predicted molar refractivity (Wildman–Crippen MR) is 162 cm³/mol. The molecule has 0 bridgehead atoms. The summed E-state index contributed by atoms with van der Waals surface area (Å²) in [6.45, 7) is 7.31. The molecule has 0 spiro atoms. The highest BCUT2D eigenvalue weighted by Gasteiger charge is 2.33. The van der Waals surface area contributed by atoms with Crippen LogP contribution < -0.4 is 9.62 Å². The number of rotatable bonds is 12. The van der Waals surface area contributed by atoms with Crippen LogP contribution in [0.15, 0.2) is 72.8 Å². The first-order chi connectivity index (χ1) is 18.9. The predicted octanol–water partition coefficient (Wildman–Crippen LogP) is 5.28. The van der Waals surface area contributed by atoms with E-state index in [1.54, 1.807) is 12.1 Å². The summed E-state index contributed by atoms with van der Waals surface area (Å²) in [5.41, 5.74) is 3.79. The minimum Gasteiger partial charge on any atom is -0.352 e. The number of nitrogens with zero attached hydrogens (tertiary/aromatic N) is 2. The van der Waals surface area contributed by atoms with Gasteiger partial charge < -0.3 is 10.2 Å². The van der Waals surface area contributed by atoms with Gasteiger partial charge in [-0.2, -0.15) is 0 Å². The van der Waals surface area contributed by atoms with E-state index in [4.69, 9.17) is 11.6 Å². The normalized spacial score (nSPS) is 12.8. The lowest BCUT2D eigenvalue weighted by atomic mass is 10.0. The van der Waals surface area contributed by atoms with Gasteiger partial charge in [-0.05, 0) is 61.6 Å². The van der Waals surface area contributed by atoms with E-state index in [1.807, 2.05) is 82.3 Å². The first kappa shape index (κ1) is 31.2. The quantitative estimate of drug-likeness (QED) is 0.314. The molecule has 3 rings (SSSR count). The van der Waals surface area contributed by atoms with Gasteiger partial charge in [-0.15, -0.1) is 0 Å². The zero-order valence-electron chi connectivity index (χ0n) is 23.7. The molecule has 2 amide bonds. The standard InChI is InChI=1S/C31H38ClN3O4S/c1-6-24(4)33-31(37)29(18-25-13-8-7-9-14-25)34(20-26-15-11-10-12-22(26)2)30(36)21-35(40(5,38)39)27-17-16-23(3)28(32)19-27/h7-17,19,24,29H,6,18,20-21H2,1-5H3,(H,33,37). The van der Waals surface area contributed by atoms with Crippen LogP contribution in [0, 0.1) is 13.8 Å². The number of halogens is 1. The van der Waals surface area contributed by atoms with Gasteiger partial charge in [0.1, 0.15) is 12.6 Å². The van der Waals surface area contributed by atoms with Crippen LogP contribution in [0.5, 0.6) is 0 Å². The molecule has 3 aromatic rings. The van der Waals surface area contributed by atoms with Crippen molar-refractivity contribution in [2.45, 2.75) is 59.2 Å². The molecule has 0 saturated carbocycles. The van der Waals surface area contributed by atoms with E-state index in [0.29, 0.717) is 5.02 Å². The van der Waals surface area contributed by atoms with Crippen LogP contribution in [0.3, 0.4) is 0 Å². The number of hydrogen-bond acceptors (Lipinski definition) is 4. The molecular formula is C31H38ClN3O4S. The number of carbonyl (C=O) groups excluding carboxylic acids is 2. The molecule has 0 aliphatic carbocycles. The first-order valence-corrected chi connectivity index (χ1v) is 15.6. The van der Waals surface area contributed by atoms with E-state index in [9.17, 15) is 18.0 Å². The highest BCUT2D eigenvalue weighted by atomic mass is 35.5. The molecular weight excluding hydrogens is 546 g/mol. The summed E-state index contributed by atoms with van der Waals surface area (Å²) >= 11 is 6.31. The molecule has 214 valence electrons. The van der Waals surface area contributed by atoms with Crippen molar-refractivity contribution < 1.29 is 18.0 Å². The smallest absolute Gasteiger partial charge is 0.244 e. The number of anilines is 1. The highest BCUT2D eigenvalue weighted by Crippen LogP contribution is 2.26. The Kier molecular flexibility index (Phi) is 10.8. The minimum atomic E-state index is -3.86. The van der Waals surface area contributed by atoms with Crippen LogP contribution in [0.2, 0.25) is 5.02 Å². The van der Waals surface area contributed by atoms with Gasteiger partial charge in [0.15, 0.2) is 0 Å². The lowest BCUT2D eigenvalue weighted by Gasteiger charge is -2.34. The zero-order valence-corrected chi connectivity index (χ0v) is 25.3. The Bertz CT molecular complexity index is 1430. The van der Waals surface area contributed by atoms with Crippen LogP contribution in [0.25, 0.3) is 0 Å². The fraction of sp³-hybridized carbons (Fsp3) is 0.355. The molecule has 0 radical (unpaired) electrons. The van der Waals surface area contributed by atoms with E-state index in [2.05, 4.69) is 5.32 Å². The van der Waals surface area contributed by atoms with Crippen molar-refractivity contribution in [1.82, 2.24) is 10.2 Å². The number of amides is 2.